The maximum atomic E-state index is 11.0. The summed E-state index contributed by atoms with van der Waals surface area (Å²) in [5.74, 6) is -1.08. The van der Waals surface area contributed by atoms with Crippen molar-refractivity contribution in [2.75, 3.05) is 5.32 Å². The fourth-order valence-corrected chi connectivity index (χ4v) is 1.86. The van der Waals surface area contributed by atoms with Crippen molar-refractivity contribution in [2.45, 2.75) is 25.8 Å². The Morgan fingerprint density at radius 1 is 1.47 bits per heavy atom. The number of nitro groups is 1. The number of anilines is 1. The number of hydrogen-bond acceptors (Lipinski definition) is 4. The van der Waals surface area contributed by atoms with Gasteiger partial charge < -0.3 is 10.4 Å². The third-order valence-corrected chi connectivity index (χ3v) is 3.16. The van der Waals surface area contributed by atoms with Crippen LogP contribution >= 0.6 is 23.2 Å². The molecule has 6 nitrogen and oxygen atoms in total. The zero-order chi connectivity index (χ0) is 14.6. The second kappa shape index (κ2) is 6.58. The van der Waals surface area contributed by atoms with Gasteiger partial charge >= 0.3 is 5.97 Å². The lowest BCUT2D eigenvalue weighted by Crippen LogP contribution is -2.29. The van der Waals surface area contributed by atoms with Gasteiger partial charge in [-0.1, -0.05) is 36.5 Å². The largest absolute Gasteiger partial charge is 0.480 e. The highest BCUT2D eigenvalue weighted by molar-refractivity contribution is 6.42. The van der Waals surface area contributed by atoms with Crippen LogP contribution in [0.4, 0.5) is 11.4 Å². The predicted molar refractivity (Wildman–Crippen MR) is 73.1 cm³/mol. The Labute approximate surface area is 119 Å². The van der Waals surface area contributed by atoms with Gasteiger partial charge in [-0.3, -0.25) is 10.1 Å². The molecule has 2 N–H and O–H groups in total. The van der Waals surface area contributed by atoms with Crippen molar-refractivity contribution in [3.8, 4) is 0 Å². The lowest BCUT2D eigenvalue weighted by atomic mass is 10.1. The summed E-state index contributed by atoms with van der Waals surface area (Å²) in [7, 11) is 0. The molecule has 1 aromatic carbocycles. The third kappa shape index (κ3) is 3.97. The van der Waals surface area contributed by atoms with Crippen LogP contribution < -0.4 is 5.32 Å². The maximum Gasteiger partial charge on any atom is 0.326 e. The van der Waals surface area contributed by atoms with Crippen LogP contribution in [0.3, 0.4) is 0 Å². The molecule has 0 radical (unpaired) electrons. The summed E-state index contributed by atoms with van der Waals surface area (Å²) in [6, 6.07) is 1.44. The lowest BCUT2D eigenvalue weighted by molar-refractivity contribution is -0.384. The molecule has 0 aliphatic carbocycles. The van der Waals surface area contributed by atoms with Crippen LogP contribution in [0.1, 0.15) is 19.8 Å². The van der Waals surface area contributed by atoms with E-state index < -0.39 is 16.9 Å². The second-order valence-corrected chi connectivity index (χ2v) is 4.68. The molecule has 104 valence electrons. The predicted octanol–water partition coefficient (Wildman–Crippen LogP) is 3.57. The molecule has 8 heteroatoms. The van der Waals surface area contributed by atoms with Crippen molar-refractivity contribution < 1.29 is 14.8 Å². The lowest BCUT2D eigenvalue weighted by Gasteiger charge is -2.15. The summed E-state index contributed by atoms with van der Waals surface area (Å²) in [4.78, 5) is 21.3. The number of benzene rings is 1. The molecule has 1 aromatic rings. The molecule has 1 rings (SSSR count). The van der Waals surface area contributed by atoms with Gasteiger partial charge in [-0.2, -0.15) is 0 Å². The van der Waals surface area contributed by atoms with Gasteiger partial charge in [0.25, 0.3) is 5.69 Å². The third-order valence-electron chi connectivity index (χ3n) is 2.44. The molecule has 0 aliphatic rings. The van der Waals surface area contributed by atoms with Gasteiger partial charge in [0.1, 0.15) is 11.7 Å². The highest BCUT2D eigenvalue weighted by atomic mass is 35.5. The van der Waals surface area contributed by atoms with E-state index in [-0.39, 0.29) is 21.4 Å². The average Bonchev–Trinajstić information content (AvgIpc) is 2.32. The minimum atomic E-state index is -1.08. The molecular weight excluding hydrogens is 295 g/mol. The number of rotatable bonds is 6. The van der Waals surface area contributed by atoms with Gasteiger partial charge in [0.2, 0.25) is 0 Å². The van der Waals surface area contributed by atoms with Crippen LogP contribution in [0.2, 0.25) is 10.0 Å². The summed E-state index contributed by atoms with van der Waals surface area (Å²) in [6.07, 6.45) is 0.964. The van der Waals surface area contributed by atoms with E-state index in [1.807, 2.05) is 6.92 Å². The Morgan fingerprint density at radius 3 is 2.53 bits per heavy atom. The van der Waals surface area contributed by atoms with E-state index in [9.17, 15) is 14.9 Å². The number of halogens is 2. The minimum absolute atomic E-state index is 0.0419. The first kappa shape index (κ1) is 15.5. The Morgan fingerprint density at radius 2 is 2.05 bits per heavy atom. The highest BCUT2D eigenvalue weighted by Gasteiger charge is 2.22. The van der Waals surface area contributed by atoms with E-state index in [0.717, 1.165) is 6.07 Å². The van der Waals surface area contributed by atoms with E-state index >= 15 is 0 Å². The van der Waals surface area contributed by atoms with Crippen molar-refractivity contribution in [3.05, 3.63) is 32.3 Å². The summed E-state index contributed by atoms with van der Waals surface area (Å²) < 4.78 is 0. The average molecular weight is 307 g/mol. The van der Waals surface area contributed by atoms with Crippen LogP contribution in [0.25, 0.3) is 0 Å². The smallest absolute Gasteiger partial charge is 0.326 e. The minimum Gasteiger partial charge on any atom is -0.480 e. The zero-order valence-electron chi connectivity index (χ0n) is 10.0. The molecule has 0 aliphatic heterocycles. The van der Waals surface area contributed by atoms with Gasteiger partial charge in [0, 0.05) is 6.07 Å². The molecule has 0 fully saturated rings. The summed E-state index contributed by atoms with van der Waals surface area (Å²) in [5.41, 5.74) is -0.267. The van der Waals surface area contributed by atoms with Gasteiger partial charge in [0.05, 0.1) is 15.0 Å². The Balaban J connectivity index is 3.14. The van der Waals surface area contributed by atoms with Crippen LogP contribution in [-0.2, 0) is 4.79 Å². The van der Waals surface area contributed by atoms with Crippen molar-refractivity contribution in [1.29, 1.82) is 0 Å². The van der Waals surface area contributed by atoms with E-state index in [0.29, 0.717) is 12.8 Å². The van der Waals surface area contributed by atoms with Crippen LogP contribution in [0, 0.1) is 10.1 Å². The van der Waals surface area contributed by atoms with Gasteiger partial charge in [0.15, 0.2) is 0 Å². The standard InChI is InChI=1S/C11H12Cl2N2O4/c1-2-3-8(11(16)17)14-9-4-6(12)7(13)5-10(9)15(18)19/h4-5,8,14H,2-3H2,1H3,(H,16,17). The molecule has 0 heterocycles. The second-order valence-electron chi connectivity index (χ2n) is 3.86. The quantitative estimate of drug-likeness (QED) is 0.619. The first-order valence-electron chi connectivity index (χ1n) is 5.49. The van der Waals surface area contributed by atoms with Crippen molar-refractivity contribution in [2.24, 2.45) is 0 Å². The number of nitrogens with zero attached hydrogens (tertiary/aromatic N) is 1. The van der Waals surface area contributed by atoms with Crippen LogP contribution in [0.5, 0.6) is 0 Å². The first-order chi connectivity index (χ1) is 8.86. The number of nitrogens with one attached hydrogen (secondary N) is 1. The van der Waals surface area contributed by atoms with Gasteiger partial charge in [-0.25, -0.2) is 4.79 Å². The number of nitro benzene ring substituents is 1. The number of carbonyl (C=O) groups is 1. The summed E-state index contributed by atoms with van der Waals surface area (Å²) in [6.45, 7) is 1.82. The van der Waals surface area contributed by atoms with Gasteiger partial charge in [-0.15, -0.1) is 0 Å². The number of carboxylic acids is 1. The molecule has 0 aromatic heterocycles. The van der Waals surface area contributed by atoms with Crippen molar-refractivity contribution >= 4 is 40.5 Å². The van der Waals surface area contributed by atoms with Crippen molar-refractivity contribution in [1.82, 2.24) is 0 Å². The van der Waals surface area contributed by atoms with E-state index in [1.54, 1.807) is 0 Å². The van der Waals surface area contributed by atoms with Crippen LogP contribution in [0.15, 0.2) is 12.1 Å². The number of aliphatic carboxylic acids is 1. The highest BCUT2D eigenvalue weighted by Crippen LogP contribution is 2.34. The Bertz CT molecular complexity index is 508. The molecular formula is C11H12Cl2N2O4. The molecule has 0 bridgehead atoms. The molecule has 19 heavy (non-hydrogen) atoms. The molecule has 0 saturated heterocycles. The summed E-state index contributed by atoms with van der Waals surface area (Å²) in [5, 5.41) is 22.7. The van der Waals surface area contributed by atoms with E-state index in [4.69, 9.17) is 28.3 Å². The van der Waals surface area contributed by atoms with E-state index in [2.05, 4.69) is 5.32 Å². The van der Waals surface area contributed by atoms with Gasteiger partial charge in [-0.05, 0) is 12.5 Å². The Hall–Kier alpha value is -1.53. The number of hydrogen-bond donors (Lipinski definition) is 2. The first-order valence-corrected chi connectivity index (χ1v) is 6.25. The molecule has 0 saturated carbocycles. The Kier molecular flexibility index (Phi) is 5.38. The number of carboxylic acid groups (broad SMARTS) is 1. The summed E-state index contributed by atoms with van der Waals surface area (Å²) >= 11 is 11.5. The topological polar surface area (TPSA) is 92.5 Å². The normalized spacial score (nSPS) is 11.9. The van der Waals surface area contributed by atoms with E-state index in [1.165, 1.54) is 6.07 Å². The zero-order valence-corrected chi connectivity index (χ0v) is 11.5. The molecule has 1 unspecified atom stereocenters. The molecule has 0 spiro atoms. The fraction of sp³-hybridized carbons (Fsp3) is 0.364. The SMILES string of the molecule is CCCC(Nc1cc(Cl)c(Cl)cc1[N+](=O)[O-])C(=O)O. The van der Waals surface area contributed by atoms with Crippen LogP contribution in [-0.4, -0.2) is 22.0 Å². The fourth-order valence-electron chi connectivity index (χ4n) is 1.54. The molecule has 0 amide bonds. The maximum absolute atomic E-state index is 11.0. The molecule has 1 atom stereocenters. The van der Waals surface area contributed by atoms with Crippen molar-refractivity contribution in [3.63, 3.8) is 0 Å². The monoisotopic (exact) mass is 306 g/mol.